The number of fused-ring (bicyclic) bond motifs is 1. The van der Waals surface area contributed by atoms with Crippen LogP contribution in [-0.4, -0.2) is 35.1 Å². The van der Waals surface area contributed by atoms with Crippen LogP contribution in [0.3, 0.4) is 0 Å². The Hall–Kier alpha value is -4.19. The van der Waals surface area contributed by atoms with E-state index in [9.17, 15) is 9.18 Å². The maximum atomic E-state index is 13.7. The van der Waals surface area contributed by atoms with E-state index < -0.39 is 5.82 Å². The molecule has 2 N–H and O–H groups in total. The van der Waals surface area contributed by atoms with Crippen LogP contribution in [0, 0.1) is 12.4 Å². The average Bonchev–Trinajstić information content (AvgIpc) is 2.78. The highest BCUT2D eigenvalue weighted by molar-refractivity contribution is 5.93. The van der Waals surface area contributed by atoms with Crippen LogP contribution >= 0.6 is 0 Å². The summed E-state index contributed by atoms with van der Waals surface area (Å²) in [6, 6.07) is 7.77. The number of carbonyl (C=O) groups is 1. The fraction of sp³-hybridized carbons (Fsp3) is 0.217. The quantitative estimate of drug-likeness (QED) is 0.427. The first-order valence-electron chi connectivity index (χ1n) is 9.87. The lowest BCUT2D eigenvalue weighted by Crippen LogP contribution is -2.48. The number of benzene rings is 2. The summed E-state index contributed by atoms with van der Waals surface area (Å²) < 4.78 is 25.2. The van der Waals surface area contributed by atoms with Gasteiger partial charge in [0.05, 0.1) is 19.2 Å². The van der Waals surface area contributed by atoms with E-state index in [4.69, 9.17) is 16.0 Å². The van der Waals surface area contributed by atoms with Crippen molar-refractivity contribution in [1.29, 1.82) is 0 Å². The van der Waals surface area contributed by atoms with Gasteiger partial charge >= 0.3 is 0 Å². The zero-order valence-electron chi connectivity index (χ0n) is 17.3. The standard InChI is InChI=1S/C23H20FN5O3/c1-4-22(30)28-14-7-15(8-14)32-21-10-16-18(11-20(21)31-3)26-12-27-23(16)29-13-5-6-17(24)19(9-13)25-2/h4-6,9-12,14-15H,1,7-8H2,3H3,(H,28,30)(H,26,27,29). The van der Waals surface area contributed by atoms with Crippen LogP contribution in [0.4, 0.5) is 21.6 Å². The molecule has 32 heavy (non-hydrogen) atoms. The number of anilines is 2. The van der Waals surface area contributed by atoms with Gasteiger partial charge in [0.15, 0.2) is 11.5 Å². The van der Waals surface area contributed by atoms with Crippen molar-refractivity contribution in [2.45, 2.75) is 25.0 Å². The molecule has 1 fully saturated rings. The third-order valence-corrected chi connectivity index (χ3v) is 5.17. The highest BCUT2D eigenvalue weighted by Crippen LogP contribution is 2.37. The fourth-order valence-electron chi connectivity index (χ4n) is 3.45. The summed E-state index contributed by atoms with van der Waals surface area (Å²) in [5.74, 6) is 0.748. The zero-order valence-corrected chi connectivity index (χ0v) is 17.3. The first kappa shape index (κ1) is 21.1. The Kier molecular flexibility index (Phi) is 5.85. The van der Waals surface area contributed by atoms with Crippen molar-refractivity contribution in [3.05, 3.63) is 66.5 Å². The molecule has 162 valence electrons. The zero-order chi connectivity index (χ0) is 22.7. The summed E-state index contributed by atoms with van der Waals surface area (Å²) in [5.41, 5.74) is 1.07. The van der Waals surface area contributed by atoms with Crippen molar-refractivity contribution >= 4 is 34.0 Å². The number of carbonyl (C=O) groups excluding carboxylic acids is 1. The van der Waals surface area contributed by atoms with E-state index in [1.54, 1.807) is 19.2 Å². The predicted octanol–water partition coefficient (Wildman–Crippen LogP) is 4.28. The topological polar surface area (TPSA) is 89.7 Å². The Labute approximate surface area is 183 Å². The van der Waals surface area contributed by atoms with E-state index in [0.29, 0.717) is 46.7 Å². The summed E-state index contributed by atoms with van der Waals surface area (Å²) >= 11 is 0. The summed E-state index contributed by atoms with van der Waals surface area (Å²) in [6.45, 7) is 10.5. The van der Waals surface area contributed by atoms with Crippen LogP contribution in [0.5, 0.6) is 11.5 Å². The van der Waals surface area contributed by atoms with Crippen LogP contribution in [0.25, 0.3) is 15.7 Å². The summed E-state index contributed by atoms with van der Waals surface area (Å²) in [5, 5.41) is 6.63. The maximum absolute atomic E-state index is 13.7. The lowest BCUT2D eigenvalue weighted by Gasteiger charge is -2.35. The van der Waals surface area contributed by atoms with Gasteiger partial charge in [-0.3, -0.25) is 4.79 Å². The molecular formula is C23H20FN5O3. The van der Waals surface area contributed by atoms with Gasteiger partial charge in [0.25, 0.3) is 0 Å². The third kappa shape index (κ3) is 4.30. The second-order valence-electron chi connectivity index (χ2n) is 7.27. The van der Waals surface area contributed by atoms with Gasteiger partial charge in [-0.2, -0.15) is 0 Å². The first-order chi connectivity index (χ1) is 15.5. The van der Waals surface area contributed by atoms with Crippen molar-refractivity contribution < 1.29 is 18.7 Å². The van der Waals surface area contributed by atoms with Crippen LogP contribution in [0.15, 0.2) is 49.3 Å². The Morgan fingerprint density at radius 2 is 2.09 bits per heavy atom. The predicted molar refractivity (Wildman–Crippen MR) is 118 cm³/mol. The van der Waals surface area contributed by atoms with Gasteiger partial charge in [-0.15, -0.1) is 0 Å². The highest BCUT2D eigenvalue weighted by atomic mass is 19.1. The number of rotatable bonds is 7. The molecule has 1 aliphatic rings. The molecule has 4 rings (SSSR count). The molecule has 9 heteroatoms. The number of aromatic nitrogens is 2. The van der Waals surface area contributed by atoms with E-state index in [1.165, 1.54) is 30.6 Å². The minimum atomic E-state index is -0.582. The molecule has 2 aromatic carbocycles. The lowest BCUT2D eigenvalue weighted by molar-refractivity contribution is -0.118. The molecule has 0 bridgehead atoms. The number of ether oxygens (including phenoxy) is 2. The molecule has 0 aliphatic heterocycles. The smallest absolute Gasteiger partial charge is 0.243 e. The van der Waals surface area contributed by atoms with E-state index in [2.05, 4.69) is 32.0 Å². The number of nitrogens with one attached hydrogen (secondary N) is 2. The van der Waals surface area contributed by atoms with Gasteiger partial charge in [-0.05, 0) is 30.3 Å². The number of nitrogens with zero attached hydrogens (tertiary/aromatic N) is 3. The summed E-state index contributed by atoms with van der Waals surface area (Å²) in [7, 11) is 1.55. The van der Waals surface area contributed by atoms with E-state index in [1.807, 2.05) is 0 Å². The first-order valence-corrected chi connectivity index (χ1v) is 9.87. The highest BCUT2D eigenvalue weighted by Gasteiger charge is 2.32. The Bertz CT molecular complexity index is 1230. The normalized spacial score (nSPS) is 17.0. The van der Waals surface area contributed by atoms with Crippen molar-refractivity contribution in [1.82, 2.24) is 15.3 Å². The molecule has 0 radical (unpaired) electrons. The van der Waals surface area contributed by atoms with E-state index in [-0.39, 0.29) is 23.7 Å². The van der Waals surface area contributed by atoms with Gasteiger partial charge in [0.1, 0.15) is 24.1 Å². The molecule has 3 aromatic rings. The van der Waals surface area contributed by atoms with Crippen LogP contribution in [0.1, 0.15) is 12.8 Å². The number of halogens is 1. The largest absolute Gasteiger partial charge is 0.493 e. The van der Waals surface area contributed by atoms with Gasteiger partial charge in [0.2, 0.25) is 11.6 Å². The molecule has 1 aromatic heterocycles. The maximum Gasteiger partial charge on any atom is 0.243 e. The second-order valence-corrected chi connectivity index (χ2v) is 7.27. The average molecular weight is 433 g/mol. The minimum absolute atomic E-state index is 0.0487. The van der Waals surface area contributed by atoms with Gasteiger partial charge in [-0.25, -0.2) is 19.2 Å². The minimum Gasteiger partial charge on any atom is -0.493 e. The molecule has 1 aliphatic carbocycles. The molecule has 0 unspecified atom stereocenters. The summed E-state index contributed by atoms with van der Waals surface area (Å²) in [6.07, 6.45) is 3.93. The van der Waals surface area contributed by atoms with Gasteiger partial charge in [-0.1, -0.05) is 6.58 Å². The third-order valence-electron chi connectivity index (χ3n) is 5.17. The molecule has 0 saturated heterocycles. The molecule has 1 saturated carbocycles. The molecule has 0 atom stereocenters. The van der Waals surface area contributed by atoms with Gasteiger partial charge in [0, 0.05) is 36.0 Å². The monoisotopic (exact) mass is 433 g/mol. The van der Waals surface area contributed by atoms with Crippen LogP contribution in [-0.2, 0) is 4.79 Å². The number of hydrogen-bond donors (Lipinski definition) is 2. The van der Waals surface area contributed by atoms with Crippen LogP contribution in [0.2, 0.25) is 0 Å². The number of methoxy groups -OCH3 is 1. The van der Waals surface area contributed by atoms with E-state index >= 15 is 0 Å². The van der Waals surface area contributed by atoms with Crippen molar-refractivity contribution in [3.63, 3.8) is 0 Å². The Morgan fingerprint density at radius 1 is 1.28 bits per heavy atom. The van der Waals surface area contributed by atoms with Crippen molar-refractivity contribution in [3.8, 4) is 11.5 Å². The fourth-order valence-corrected chi connectivity index (χ4v) is 3.45. The second kappa shape index (κ2) is 8.89. The van der Waals surface area contributed by atoms with Gasteiger partial charge < -0.3 is 20.1 Å². The molecule has 8 nitrogen and oxygen atoms in total. The lowest BCUT2D eigenvalue weighted by atomic mass is 9.89. The van der Waals surface area contributed by atoms with Crippen molar-refractivity contribution in [2.24, 2.45) is 0 Å². The number of amides is 1. The molecule has 1 heterocycles. The molecule has 1 amide bonds. The Morgan fingerprint density at radius 3 is 2.81 bits per heavy atom. The molecule has 0 spiro atoms. The van der Waals surface area contributed by atoms with E-state index in [0.717, 1.165) is 0 Å². The SMILES string of the molecule is [C-]#[N+]c1cc(Nc2ncnc3cc(OC)c(OC4CC(NC(=O)C=C)C4)cc23)ccc1F. The van der Waals surface area contributed by atoms with Crippen LogP contribution < -0.4 is 20.1 Å². The Balaban J connectivity index is 1.59. The van der Waals surface area contributed by atoms with Crippen molar-refractivity contribution in [2.75, 3.05) is 12.4 Å². The number of hydrogen-bond acceptors (Lipinski definition) is 6. The molecular weight excluding hydrogens is 413 g/mol. The summed E-state index contributed by atoms with van der Waals surface area (Å²) in [4.78, 5) is 23.2.